The second-order valence-corrected chi connectivity index (χ2v) is 5.91. The van der Waals surface area contributed by atoms with Crippen LogP contribution >= 0.6 is 7.82 Å². The van der Waals surface area contributed by atoms with Crippen LogP contribution < -0.4 is 11.1 Å². The van der Waals surface area contributed by atoms with Crippen molar-refractivity contribution in [1.29, 1.82) is 0 Å². The summed E-state index contributed by atoms with van der Waals surface area (Å²) in [6.45, 7) is 10.1. The number of amides is 1. The molecule has 0 spiro atoms. The summed E-state index contributed by atoms with van der Waals surface area (Å²) in [7, 11) is -4.64. The Morgan fingerprint density at radius 2 is 1.40 bits per heavy atom. The molecule has 0 aromatic heterocycles. The van der Waals surface area contributed by atoms with Gasteiger partial charge in [-0.1, -0.05) is 6.58 Å². The smallest absolute Gasteiger partial charge is 0.379 e. The van der Waals surface area contributed by atoms with Gasteiger partial charge in [-0.3, -0.25) is 4.79 Å². The van der Waals surface area contributed by atoms with E-state index in [1.165, 1.54) is 0 Å². The fourth-order valence-corrected chi connectivity index (χ4v) is 1.25. The molecular formula is C14H31N2O8P. The van der Waals surface area contributed by atoms with E-state index in [0.29, 0.717) is 58.3 Å². The van der Waals surface area contributed by atoms with Crippen molar-refractivity contribution in [1.82, 2.24) is 5.32 Å². The first kappa shape index (κ1) is 26.4. The van der Waals surface area contributed by atoms with Gasteiger partial charge >= 0.3 is 7.82 Å². The first-order valence-electron chi connectivity index (χ1n) is 7.83. The maximum Gasteiger partial charge on any atom is 0.466 e. The van der Waals surface area contributed by atoms with E-state index in [9.17, 15) is 4.79 Å². The first-order chi connectivity index (χ1) is 11.7. The van der Waals surface area contributed by atoms with E-state index in [2.05, 4.69) is 11.9 Å². The maximum atomic E-state index is 11.2. The van der Waals surface area contributed by atoms with Crippen LogP contribution in [0, 0.1) is 0 Å². The minimum Gasteiger partial charge on any atom is -0.379 e. The molecule has 0 aromatic rings. The number of hydrogen-bond donors (Lipinski definition) is 5. The number of nitrogens with one attached hydrogen (secondary N) is 1. The van der Waals surface area contributed by atoms with E-state index in [1.807, 2.05) is 0 Å². The van der Waals surface area contributed by atoms with Crippen LogP contribution in [0.25, 0.3) is 0 Å². The average molecular weight is 386 g/mol. The molecule has 25 heavy (non-hydrogen) atoms. The largest absolute Gasteiger partial charge is 0.466 e. The predicted molar refractivity (Wildman–Crippen MR) is 92.8 cm³/mol. The Kier molecular flexibility index (Phi) is 19.0. The van der Waals surface area contributed by atoms with Gasteiger partial charge in [-0.05, 0) is 26.3 Å². The minimum atomic E-state index is -4.64. The lowest BCUT2D eigenvalue weighted by Crippen LogP contribution is -2.25. The molecule has 0 saturated heterocycles. The van der Waals surface area contributed by atoms with Gasteiger partial charge < -0.3 is 39.9 Å². The van der Waals surface area contributed by atoms with E-state index >= 15 is 0 Å². The molecule has 1 amide bonds. The number of hydrogen-bond acceptors (Lipinski definition) is 6. The van der Waals surface area contributed by atoms with Crippen LogP contribution in [0.5, 0.6) is 0 Å². The summed E-state index contributed by atoms with van der Waals surface area (Å²) in [5.41, 5.74) is 5.86. The van der Waals surface area contributed by atoms with Crippen LogP contribution in [-0.4, -0.2) is 73.3 Å². The Morgan fingerprint density at radius 1 is 1.00 bits per heavy atom. The van der Waals surface area contributed by atoms with Gasteiger partial charge in [-0.15, -0.1) is 0 Å². The van der Waals surface area contributed by atoms with Gasteiger partial charge in [0.05, 0.1) is 26.4 Å². The van der Waals surface area contributed by atoms with Crippen LogP contribution in [-0.2, 0) is 23.6 Å². The molecule has 6 N–H and O–H groups in total. The van der Waals surface area contributed by atoms with Crippen molar-refractivity contribution in [2.75, 3.05) is 52.7 Å². The van der Waals surface area contributed by atoms with Gasteiger partial charge in [0.2, 0.25) is 5.91 Å². The Balaban J connectivity index is 0. The zero-order valence-corrected chi connectivity index (χ0v) is 15.6. The highest BCUT2D eigenvalue weighted by atomic mass is 31.2. The normalized spacial score (nSPS) is 10.8. The molecular weight excluding hydrogens is 355 g/mol. The Labute approximate surface area is 148 Å². The Bertz CT molecular complexity index is 381. The van der Waals surface area contributed by atoms with Gasteiger partial charge in [0, 0.05) is 25.3 Å². The summed E-state index contributed by atoms with van der Waals surface area (Å²) < 4.78 is 24.9. The van der Waals surface area contributed by atoms with E-state index in [4.69, 9.17) is 39.2 Å². The third kappa shape index (κ3) is 31.4. The van der Waals surface area contributed by atoms with Gasteiger partial charge in [0.15, 0.2) is 0 Å². The fourth-order valence-electron chi connectivity index (χ4n) is 1.25. The van der Waals surface area contributed by atoms with Crippen molar-refractivity contribution in [3.63, 3.8) is 0 Å². The highest BCUT2D eigenvalue weighted by molar-refractivity contribution is 7.45. The zero-order valence-electron chi connectivity index (χ0n) is 14.7. The number of phosphoric acid groups is 1. The van der Waals surface area contributed by atoms with Gasteiger partial charge in [0.1, 0.15) is 0 Å². The summed E-state index contributed by atoms with van der Waals surface area (Å²) in [5.74, 6) is -0.108. The molecule has 0 bridgehead atoms. The molecule has 11 heteroatoms. The van der Waals surface area contributed by atoms with Crippen molar-refractivity contribution < 1.29 is 38.3 Å². The number of carbonyl (C=O) groups excluding carboxylic acids is 1. The van der Waals surface area contributed by atoms with Crippen LogP contribution in [0.3, 0.4) is 0 Å². The first-order valence-corrected chi connectivity index (χ1v) is 9.40. The lowest BCUT2D eigenvalue weighted by Gasteiger charge is -2.07. The van der Waals surface area contributed by atoms with E-state index in [-0.39, 0.29) is 5.91 Å². The highest BCUT2D eigenvalue weighted by Crippen LogP contribution is 2.25. The summed E-state index contributed by atoms with van der Waals surface area (Å²) in [4.78, 5) is 32.7. The minimum absolute atomic E-state index is 0.108. The van der Waals surface area contributed by atoms with Crippen LogP contribution in [0.4, 0.5) is 0 Å². The maximum absolute atomic E-state index is 11.2. The van der Waals surface area contributed by atoms with Crippen LogP contribution in [0.15, 0.2) is 12.2 Å². The molecule has 0 fully saturated rings. The SMILES string of the molecule is C=C(C)C(=O)NCCCOCCOCCOCCCN.O=P(O)(O)O. The van der Waals surface area contributed by atoms with Gasteiger partial charge in [-0.25, -0.2) is 4.57 Å². The Hall–Kier alpha value is -0.840. The van der Waals surface area contributed by atoms with E-state index in [1.54, 1.807) is 6.92 Å². The van der Waals surface area contributed by atoms with Crippen LogP contribution in [0.2, 0.25) is 0 Å². The standard InChI is InChI=1S/C14H28N2O4.H3O4P/c1-13(2)14(17)16-6-4-8-19-10-12-20-11-9-18-7-3-5-15;1-5(2,3)4/h1,3-12,15H2,2H3,(H,16,17);(H3,1,2,3,4). The van der Waals surface area contributed by atoms with Crippen molar-refractivity contribution in [3.8, 4) is 0 Å². The van der Waals surface area contributed by atoms with Crippen LogP contribution in [0.1, 0.15) is 19.8 Å². The number of ether oxygens (including phenoxy) is 3. The molecule has 0 atom stereocenters. The lowest BCUT2D eigenvalue weighted by atomic mass is 10.3. The molecule has 0 rings (SSSR count). The van der Waals surface area contributed by atoms with E-state index in [0.717, 1.165) is 12.8 Å². The van der Waals surface area contributed by atoms with Gasteiger partial charge in [-0.2, -0.15) is 0 Å². The quantitative estimate of drug-likeness (QED) is 0.151. The number of carbonyl (C=O) groups is 1. The molecule has 0 aromatic carbocycles. The molecule has 0 aliphatic carbocycles. The highest BCUT2D eigenvalue weighted by Gasteiger charge is 2.00. The second-order valence-electron chi connectivity index (χ2n) is 4.88. The summed E-state index contributed by atoms with van der Waals surface area (Å²) in [5, 5.41) is 2.74. The molecule has 0 heterocycles. The van der Waals surface area contributed by atoms with Gasteiger partial charge in [0.25, 0.3) is 0 Å². The Morgan fingerprint density at radius 3 is 1.80 bits per heavy atom. The molecule has 10 nitrogen and oxygen atoms in total. The summed E-state index contributed by atoms with van der Waals surface area (Å²) in [6, 6.07) is 0. The zero-order chi connectivity index (χ0) is 19.6. The van der Waals surface area contributed by atoms with Crippen molar-refractivity contribution >= 4 is 13.7 Å². The second kappa shape index (κ2) is 18.0. The summed E-state index contributed by atoms with van der Waals surface area (Å²) >= 11 is 0. The van der Waals surface area contributed by atoms with Crippen molar-refractivity contribution in [2.24, 2.45) is 5.73 Å². The molecule has 0 radical (unpaired) electrons. The van der Waals surface area contributed by atoms with E-state index < -0.39 is 7.82 Å². The van der Waals surface area contributed by atoms with Crippen molar-refractivity contribution in [3.05, 3.63) is 12.2 Å². The topological polar surface area (TPSA) is 161 Å². The molecule has 0 aliphatic heterocycles. The fraction of sp³-hybridized carbons (Fsp3) is 0.786. The van der Waals surface area contributed by atoms with Crippen molar-refractivity contribution in [2.45, 2.75) is 19.8 Å². The predicted octanol–water partition coefficient (Wildman–Crippen LogP) is -0.461. The molecule has 0 aliphatic rings. The monoisotopic (exact) mass is 386 g/mol. The molecule has 0 unspecified atom stereocenters. The summed E-state index contributed by atoms with van der Waals surface area (Å²) in [6.07, 6.45) is 1.66. The lowest BCUT2D eigenvalue weighted by molar-refractivity contribution is -0.117. The molecule has 150 valence electrons. The number of nitrogens with two attached hydrogens (primary N) is 1. The number of rotatable bonds is 14. The average Bonchev–Trinajstić information content (AvgIpc) is 2.50. The third-order valence-corrected chi connectivity index (χ3v) is 2.38. The molecule has 0 saturated carbocycles. The third-order valence-electron chi connectivity index (χ3n) is 2.38.